The highest BCUT2D eigenvalue weighted by atomic mass is 19.4. The first kappa shape index (κ1) is 36.5. The molecule has 3 fully saturated rings. The van der Waals surface area contributed by atoms with Crippen molar-refractivity contribution >= 4 is 45.3 Å². The summed E-state index contributed by atoms with van der Waals surface area (Å²) < 4.78 is 50.1. The molecule has 1 saturated carbocycles. The number of methoxy groups -OCH3 is 1. The maximum absolute atomic E-state index is 13.5. The first-order chi connectivity index (χ1) is 26.3. The maximum Gasteiger partial charge on any atom is 0.433 e. The topological polar surface area (TPSA) is 145 Å². The molecule has 5 heterocycles. The molecule has 1 aliphatic carbocycles. The van der Waals surface area contributed by atoms with E-state index in [-0.39, 0.29) is 35.7 Å². The number of carbonyl (C=O) groups is 3. The van der Waals surface area contributed by atoms with E-state index in [9.17, 15) is 32.3 Å². The van der Waals surface area contributed by atoms with E-state index in [1.54, 1.807) is 28.3 Å². The molecule has 2 aromatic carbocycles. The van der Waals surface area contributed by atoms with Gasteiger partial charge in [-0.2, -0.15) is 18.3 Å². The number of fused-ring (bicyclic) bond motifs is 2. The highest BCUT2D eigenvalue weighted by Crippen LogP contribution is 2.41. The molecule has 3 amide bonds. The molecule has 2 saturated heterocycles. The molecular weight excluding hydrogens is 717 g/mol. The number of imide groups is 1. The number of alkyl halides is 3. The summed E-state index contributed by atoms with van der Waals surface area (Å²) in [5.74, 6) is -0.440. The molecule has 13 nitrogen and oxygen atoms in total. The number of benzene rings is 2. The summed E-state index contributed by atoms with van der Waals surface area (Å²) in [5.41, 5.74) is 3.08. The largest absolute Gasteiger partial charge is 0.494 e. The Morgan fingerprint density at radius 2 is 1.82 bits per heavy atom. The number of aromatic nitrogens is 5. The van der Waals surface area contributed by atoms with Gasteiger partial charge in [-0.05, 0) is 99.3 Å². The Morgan fingerprint density at radius 1 is 1.05 bits per heavy atom. The summed E-state index contributed by atoms with van der Waals surface area (Å²) in [7, 11) is 3.20. The molecule has 5 aromatic rings. The number of hydrogen-bond donors (Lipinski definition) is 2. The first-order valence-corrected chi connectivity index (χ1v) is 18.5. The number of hydrogen-bond acceptors (Lipinski definition) is 8. The zero-order chi connectivity index (χ0) is 38.8. The quantitative estimate of drug-likeness (QED) is 0.198. The zero-order valence-electron chi connectivity index (χ0n) is 30.7. The number of amides is 3. The average molecular weight is 759 g/mol. The van der Waals surface area contributed by atoms with Crippen LogP contribution < -0.4 is 21.1 Å². The lowest BCUT2D eigenvalue weighted by atomic mass is 9.79. The van der Waals surface area contributed by atoms with Gasteiger partial charge in [0.25, 0.3) is 5.91 Å². The van der Waals surface area contributed by atoms with Crippen LogP contribution in [0, 0.1) is 12.8 Å². The average Bonchev–Trinajstić information content (AvgIpc) is 3.66. The van der Waals surface area contributed by atoms with Gasteiger partial charge in [-0.1, -0.05) is 12.1 Å². The Morgan fingerprint density at radius 3 is 2.53 bits per heavy atom. The Bertz CT molecular complexity index is 2400. The highest BCUT2D eigenvalue weighted by Gasteiger charge is 2.36. The van der Waals surface area contributed by atoms with Crippen molar-refractivity contribution in [2.24, 2.45) is 13.0 Å². The van der Waals surface area contributed by atoms with Gasteiger partial charge in [0.15, 0.2) is 0 Å². The van der Waals surface area contributed by atoms with Gasteiger partial charge in [-0.25, -0.2) is 9.78 Å². The number of rotatable bonds is 8. The van der Waals surface area contributed by atoms with Gasteiger partial charge in [-0.3, -0.25) is 33.5 Å². The molecule has 0 bridgehead atoms. The number of nitrogens with one attached hydrogen (secondary N) is 2. The lowest BCUT2D eigenvalue weighted by Gasteiger charge is -2.41. The van der Waals surface area contributed by atoms with Crippen molar-refractivity contribution in [2.75, 3.05) is 32.1 Å². The summed E-state index contributed by atoms with van der Waals surface area (Å²) in [6.45, 7) is 4.91. The second-order valence-corrected chi connectivity index (χ2v) is 15.0. The second-order valence-electron chi connectivity index (χ2n) is 15.0. The van der Waals surface area contributed by atoms with Crippen molar-refractivity contribution in [3.8, 4) is 5.75 Å². The van der Waals surface area contributed by atoms with Crippen molar-refractivity contribution < 1.29 is 32.3 Å². The Labute approximate surface area is 313 Å². The lowest BCUT2D eigenvalue weighted by molar-refractivity contribution is -0.141. The van der Waals surface area contributed by atoms with Crippen LogP contribution >= 0.6 is 0 Å². The van der Waals surface area contributed by atoms with Crippen LogP contribution in [0.5, 0.6) is 5.75 Å². The Kier molecular flexibility index (Phi) is 9.26. The van der Waals surface area contributed by atoms with Gasteiger partial charge in [0.2, 0.25) is 11.8 Å². The molecule has 16 heteroatoms. The maximum atomic E-state index is 13.5. The van der Waals surface area contributed by atoms with Gasteiger partial charge >= 0.3 is 11.9 Å². The number of piperidine rings is 2. The number of anilines is 1. The third kappa shape index (κ3) is 6.76. The zero-order valence-corrected chi connectivity index (χ0v) is 30.7. The van der Waals surface area contributed by atoms with Gasteiger partial charge in [0.1, 0.15) is 23.2 Å². The van der Waals surface area contributed by atoms with Gasteiger partial charge < -0.3 is 15.0 Å². The summed E-state index contributed by atoms with van der Waals surface area (Å²) in [5, 5.41) is 10.6. The third-order valence-electron chi connectivity index (χ3n) is 11.5. The minimum atomic E-state index is -4.67. The minimum Gasteiger partial charge on any atom is -0.494 e. The van der Waals surface area contributed by atoms with Crippen LogP contribution in [0.15, 0.2) is 53.5 Å². The normalized spacial score (nSPS) is 21.2. The first-order valence-electron chi connectivity index (χ1n) is 18.5. The predicted molar refractivity (Wildman–Crippen MR) is 197 cm³/mol. The number of ether oxygens (including phenoxy) is 1. The molecule has 0 radical (unpaired) electrons. The summed E-state index contributed by atoms with van der Waals surface area (Å²) in [4.78, 5) is 56.9. The van der Waals surface area contributed by atoms with Crippen LogP contribution in [0.1, 0.15) is 83.8 Å². The van der Waals surface area contributed by atoms with E-state index in [2.05, 4.69) is 27.4 Å². The number of likely N-dealkylation sites (tertiary alicyclic amines) is 1. The number of imidazole rings is 1. The van der Waals surface area contributed by atoms with E-state index >= 15 is 0 Å². The lowest BCUT2D eigenvalue weighted by Crippen LogP contribution is -2.44. The van der Waals surface area contributed by atoms with Crippen molar-refractivity contribution in [3.63, 3.8) is 0 Å². The van der Waals surface area contributed by atoms with Crippen LogP contribution in [0.25, 0.3) is 21.9 Å². The molecule has 3 aliphatic rings. The van der Waals surface area contributed by atoms with E-state index in [1.807, 2.05) is 23.0 Å². The summed E-state index contributed by atoms with van der Waals surface area (Å²) in [6, 6.07) is 10.0. The SMILES string of the molecule is COc1cc2nn([C@H]3C[C@H](CN4CCC(c5c(C)ccc6c5n(C)c(=O)n6C5CCC(=O)NC5=O)CC4)C3)cc2cc1NC(=O)c1cccc(C(F)(F)F)n1. The molecule has 288 valence electrons. The van der Waals surface area contributed by atoms with E-state index in [0.29, 0.717) is 29.3 Å². The number of pyridine rings is 1. The highest BCUT2D eigenvalue weighted by molar-refractivity contribution is 6.05. The fraction of sp³-hybridized carbons (Fsp3) is 0.436. The fourth-order valence-corrected chi connectivity index (χ4v) is 8.62. The number of nitrogens with zero attached hydrogens (tertiary/aromatic N) is 6. The second kappa shape index (κ2) is 14.0. The van der Waals surface area contributed by atoms with Crippen LogP contribution in [0.2, 0.25) is 0 Å². The Balaban J connectivity index is 0.899. The van der Waals surface area contributed by atoms with Crippen LogP contribution in [-0.4, -0.2) is 73.3 Å². The van der Waals surface area contributed by atoms with Gasteiger partial charge in [0, 0.05) is 37.7 Å². The van der Waals surface area contributed by atoms with Crippen molar-refractivity contribution in [1.82, 2.24) is 34.1 Å². The van der Waals surface area contributed by atoms with Gasteiger partial charge in [0.05, 0.1) is 35.4 Å². The summed E-state index contributed by atoms with van der Waals surface area (Å²) in [6.07, 6.45) is 1.56. The minimum absolute atomic E-state index is 0.198. The van der Waals surface area contributed by atoms with Crippen LogP contribution in [-0.2, 0) is 22.8 Å². The molecule has 0 spiro atoms. The van der Waals surface area contributed by atoms with Crippen molar-refractivity contribution in [3.05, 3.63) is 81.7 Å². The monoisotopic (exact) mass is 758 g/mol. The molecule has 1 atom stereocenters. The third-order valence-corrected chi connectivity index (χ3v) is 11.5. The molecule has 2 aliphatic heterocycles. The standard InChI is InChI=1S/C39H41F3N8O5/c1-21-7-8-29-35(47(2)38(54)50(29)30-9-10-33(51)45-37(30)53)34(21)23-11-13-48(14-12-23)19-22-15-25(16-22)49-20-24-17-28(31(55-3)18-27(24)46-49)44-36(52)26-5-4-6-32(43-26)39(40,41)42/h4-8,17-18,20,22-23,25,30H,9-16,19H2,1-3H3,(H,44,52)(H,45,51,53)/t22-,25-,30?. The number of aryl methyl sites for hydroxylation is 2. The van der Waals surface area contributed by atoms with E-state index in [0.717, 1.165) is 85.0 Å². The van der Waals surface area contributed by atoms with Gasteiger partial charge in [-0.15, -0.1) is 0 Å². The molecule has 3 aromatic heterocycles. The predicted octanol–water partition coefficient (Wildman–Crippen LogP) is 5.48. The van der Waals surface area contributed by atoms with Crippen LogP contribution in [0.3, 0.4) is 0 Å². The number of carbonyl (C=O) groups excluding carboxylic acids is 3. The fourth-order valence-electron chi connectivity index (χ4n) is 8.62. The molecule has 8 rings (SSSR count). The van der Waals surface area contributed by atoms with E-state index in [1.165, 1.54) is 13.2 Å². The van der Waals surface area contributed by atoms with Crippen LogP contribution in [0.4, 0.5) is 18.9 Å². The number of halogens is 3. The molecular formula is C39H41F3N8O5. The molecule has 55 heavy (non-hydrogen) atoms. The summed E-state index contributed by atoms with van der Waals surface area (Å²) >= 11 is 0. The van der Waals surface area contributed by atoms with Crippen molar-refractivity contribution in [2.45, 2.75) is 69.6 Å². The van der Waals surface area contributed by atoms with E-state index < -0.39 is 29.7 Å². The smallest absolute Gasteiger partial charge is 0.433 e. The van der Waals surface area contributed by atoms with Crippen molar-refractivity contribution in [1.29, 1.82) is 0 Å². The molecule has 2 N–H and O–H groups in total. The molecule has 1 unspecified atom stereocenters. The van der Waals surface area contributed by atoms with E-state index in [4.69, 9.17) is 9.84 Å². The Hall–Kier alpha value is -5.51.